The van der Waals surface area contributed by atoms with Gasteiger partial charge >= 0.3 is 6.18 Å². The summed E-state index contributed by atoms with van der Waals surface area (Å²) >= 11 is 0. The third kappa shape index (κ3) is 3.87. The summed E-state index contributed by atoms with van der Waals surface area (Å²) < 4.78 is 37.3. The molecule has 5 nitrogen and oxygen atoms in total. The number of benzene rings is 1. The molecule has 0 aliphatic carbocycles. The Hall–Kier alpha value is -2.77. The highest BCUT2D eigenvalue weighted by Gasteiger charge is 2.30. The van der Waals surface area contributed by atoms with Crippen molar-refractivity contribution in [1.29, 1.82) is 0 Å². The number of hydrazone groups is 1. The Bertz CT molecular complexity index is 681. The van der Waals surface area contributed by atoms with Crippen LogP contribution in [0.2, 0.25) is 0 Å². The number of aromatic nitrogens is 2. The van der Waals surface area contributed by atoms with Gasteiger partial charge in [0.05, 0.1) is 17.5 Å². The lowest BCUT2D eigenvalue weighted by molar-refractivity contribution is -0.137. The summed E-state index contributed by atoms with van der Waals surface area (Å²) in [6.07, 6.45) is 0.0163. The number of hydrogen-bond acceptors (Lipinski definition) is 4. The van der Waals surface area contributed by atoms with Gasteiger partial charge in [-0.3, -0.25) is 14.8 Å². The van der Waals surface area contributed by atoms with Crippen LogP contribution < -0.4 is 5.43 Å². The van der Waals surface area contributed by atoms with Crippen LogP contribution in [0.25, 0.3) is 0 Å². The van der Waals surface area contributed by atoms with Crippen molar-refractivity contribution in [2.75, 3.05) is 0 Å². The van der Waals surface area contributed by atoms with Crippen LogP contribution in [0.3, 0.4) is 0 Å². The molecule has 0 fully saturated rings. The number of amides is 1. The van der Waals surface area contributed by atoms with E-state index in [0.717, 1.165) is 24.3 Å². The van der Waals surface area contributed by atoms with Crippen LogP contribution in [0.4, 0.5) is 13.2 Å². The number of hydrogen-bond donors (Lipinski definition) is 1. The maximum absolute atomic E-state index is 12.4. The number of halogens is 3. The Balaban J connectivity index is 2.07. The molecule has 1 heterocycles. The lowest BCUT2D eigenvalue weighted by atomic mass is 10.1. The zero-order valence-corrected chi connectivity index (χ0v) is 11.4. The van der Waals surface area contributed by atoms with Crippen molar-refractivity contribution >= 4 is 11.6 Å². The highest BCUT2D eigenvalue weighted by Crippen LogP contribution is 2.29. The van der Waals surface area contributed by atoms with Gasteiger partial charge in [-0.15, -0.1) is 0 Å². The van der Waals surface area contributed by atoms with Crippen LogP contribution in [-0.2, 0) is 6.18 Å². The second kappa shape index (κ2) is 6.33. The van der Waals surface area contributed by atoms with Gasteiger partial charge in [-0.1, -0.05) is 0 Å². The molecule has 1 aromatic carbocycles. The monoisotopic (exact) mass is 308 g/mol. The smallest absolute Gasteiger partial charge is 0.267 e. The second-order valence-electron chi connectivity index (χ2n) is 4.30. The molecule has 22 heavy (non-hydrogen) atoms. The van der Waals surface area contributed by atoms with Crippen molar-refractivity contribution in [1.82, 2.24) is 15.4 Å². The largest absolute Gasteiger partial charge is 0.416 e. The van der Waals surface area contributed by atoms with E-state index < -0.39 is 17.6 Å². The van der Waals surface area contributed by atoms with Crippen LogP contribution >= 0.6 is 0 Å². The quantitative estimate of drug-likeness (QED) is 0.700. The van der Waals surface area contributed by atoms with E-state index in [1.165, 1.54) is 18.6 Å². The van der Waals surface area contributed by atoms with Gasteiger partial charge in [0.2, 0.25) is 0 Å². The topological polar surface area (TPSA) is 67.2 Å². The summed E-state index contributed by atoms with van der Waals surface area (Å²) in [5.74, 6) is -0.614. The SMILES string of the molecule is C/C(=N\NC(=O)c1ccc(C(F)(F)F)cc1)c1cnccn1. The Labute approximate surface area is 123 Å². The Kier molecular flexibility index (Phi) is 4.50. The fourth-order valence-corrected chi connectivity index (χ4v) is 1.55. The van der Waals surface area contributed by atoms with Crippen molar-refractivity contribution in [2.45, 2.75) is 13.1 Å². The molecule has 1 aromatic heterocycles. The van der Waals surface area contributed by atoms with E-state index in [2.05, 4.69) is 20.5 Å². The first kappa shape index (κ1) is 15.6. The zero-order valence-electron chi connectivity index (χ0n) is 11.4. The first-order valence-electron chi connectivity index (χ1n) is 6.16. The van der Waals surface area contributed by atoms with E-state index >= 15 is 0 Å². The molecule has 0 saturated carbocycles. The van der Waals surface area contributed by atoms with Gasteiger partial charge < -0.3 is 0 Å². The number of rotatable bonds is 3. The van der Waals surface area contributed by atoms with Crippen molar-refractivity contribution in [3.63, 3.8) is 0 Å². The average molecular weight is 308 g/mol. The summed E-state index contributed by atoms with van der Waals surface area (Å²) in [5, 5.41) is 3.83. The molecule has 0 atom stereocenters. The molecule has 0 spiro atoms. The van der Waals surface area contributed by atoms with E-state index in [1.54, 1.807) is 6.92 Å². The highest BCUT2D eigenvalue weighted by atomic mass is 19.4. The lowest BCUT2D eigenvalue weighted by Crippen LogP contribution is -2.20. The predicted octanol–water partition coefficient (Wildman–Crippen LogP) is 2.65. The molecule has 1 N–H and O–H groups in total. The lowest BCUT2D eigenvalue weighted by Gasteiger charge is -2.07. The summed E-state index contributed by atoms with van der Waals surface area (Å²) in [4.78, 5) is 19.7. The van der Waals surface area contributed by atoms with Crippen LogP contribution in [-0.4, -0.2) is 21.6 Å². The number of carbonyl (C=O) groups excluding carboxylic acids is 1. The van der Waals surface area contributed by atoms with E-state index in [0.29, 0.717) is 11.4 Å². The number of nitrogens with one attached hydrogen (secondary N) is 1. The van der Waals surface area contributed by atoms with E-state index in [1.807, 2.05) is 0 Å². The molecule has 0 aliphatic heterocycles. The van der Waals surface area contributed by atoms with Gasteiger partial charge in [0.15, 0.2) is 0 Å². The minimum atomic E-state index is -4.43. The van der Waals surface area contributed by atoms with Gasteiger partial charge in [0, 0.05) is 18.0 Å². The first-order valence-corrected chi connectivity index (χ1v) is 6.16. The number of alkyl halides is 3. The van der Waals surface area contributed by atoms with Gasteiger partial charge in [-0.25, -0.2) is 5.43 Å². The molecule has 0 bridgehead atoms. The molecule has 0 saturated heterocycles. The molecule has 0 aliphatic rings. The zero-order chi connectivity index (χ0) is 16.2. The maximum atomic E-state index is 12.4. The fourth-order valence-electron chi connectivity index (χ4n) is 1.55. The van der Waals surface area contributed by atoms with Gasteiger partial charge in [0.1, 0.15) is 5.69 Å². The summed E-state index contributed by atoms with van der Waals surface area (Å²) in [6, 6.07) is 3.86. The maximum Gasteiger partial charge on any atom is 0.416 e. The average Bonchev–Trinajstić information content (AvgIpc) is 2.52. The molecule has 2 aromatic rings. The fraction of sp³-hybridized carbons (Fsp3) is 0.143. The van der Waals surface area contributed by atoms with Crippen molar-refractivity contribution in [3.8, 4) is 0 Å². The van der Waals surface area contributed by atoms with E-state index in [-0.39, 0.29) is 5.56 Å². The molecule has 1 amide bonds. The first-order chi connectivity index (χ1) is 10.4. The van der Waals surface area contributed by atoms with Crippen LogP contribution in [0.15, 0.2) is 48.0 Å². The minimum absolute atomic E-state index is 0.0729. The third-order valence-electron chi connectivity index (χ3n) is 2.73. The second-order valence-corrected chi connectivity index (χ2v) is 4.30. The predicted molar refractivity (Wildman–Crippen MR) is 73.2 cm³/mol. The summed E-state index contributed by atoms with van der Waals surface area (Å²) in [6.45, 7) is 1.62. The molecule has 2 rings (SSSR count). The molecule has 0 radical (unpaired) electrons. The standard InChI is InChI=1S/C14H11F3N4O/c1-9(12-8-18-6-7-19-12)20-21-13(22)10-2-4-11(5-3-10)14(15,16)17/h2-8H,1H3,(H,21,22)/b20-9+. The number of carbonyl (C=O) groups is 1. The molecule has 0 unspecified atom stereocenters. The Morgan fingerprint density at radius 2 is 1.86 bits per heavy atom. The molecular formula is C14H11F3N4O. The molecule has 114 valence electrons. The van der Waals surface area contributed by atoms with Crippen LogP contribution in [0.1, 0.15) is 28.5 Å². The van der Waals surface area contributed by atoms with Crippen LogP contribution in [0, 0.1) is 0 Å². The summed E-state index contributed by atoms with van der Waals surface area (Å²) in [7, 11) is 0. The summed E-state index contributed by atoms with van der Waals surface area (Å²) in [5.41, 5.74) is 2.42. The van der Waals surface area contributed by atoms with Crippen molar-refractivity contribution in [2.24, 2.45) is 5.10 Å². The normalized spacial score (nSPS) is 12.1. The van der Waals surface area contributed by atoms with Crippen LogP contribution in [0.5, 0.6) is 0 Å². The van der Waals surface area contributed by atoms with Gasteiger partial charge in [-0.2, -0.15) is 18.3 Å². The Morgan fingerprint density at radius 1 is 1.18 bits per heavy atom. The van der Waals surface area contributed by atoms with Crippen molar-refractivity contribution in [3.05, 3.63) is 59.7 Å². The third-order valence-corrected chi connectivity index (χ3v) is 2.73. The van der Waals surface area contributed by atoms with Crippen molar-refractivity contribution < 1.29 is 18.0 Å². The number of nitrogens with zero attached hydrogens (tertiary/aromatic N) is 3. The Morgan fingerprint density at radius 3 is 2.41 bits per heavy atom. The molecule has 8 heteroatoms. The van der Waals surface area contributed by atoms with Gasteiger partial charge in [-0.05, 0) is 31.2 Å². The minimum Gasteiger partial charge on any atom is -0.267 e. The van der Waals surface area contributed by atoms with E-state index in [4.69, 9.17) is 0 Å². The highest BCUT2D eigenvalue weighted by molar-refractivity contribution is 5.99. The van der Waals surface area contributed by atoms with E-state index in [9.17, 15) is 18.0 Å². The van der Waals surface area contributed by atoms with Gasteiger partial charge in [0.25, 0.3) is 5.91 Å². The molecular weight excluding hydrogens is 297 g/mol.